The molecule has 0 unspecified atom stereocenters. The van der Waals surface area contributed by atoms with Crippen molar-refractivity contribution >= 4 is 137 Å². The summed E-state index contributed by atoms with van der Waals surface area (Å²) < 4.78 is 12.8. The van der Waals surface area contributed by atoms with Gasteiger partial charge in [-0.25, -0.2) is 0 Å². The van der Waals surface area contributed by atoms with Gasteiger partial charge >= 0.3 is 0 Å². The SMILES string of the molecule is CCCCCCSC1=C(SCCCCCC)SC(=c2sc(=S)c(=C3SC4=C(SCCS4)S3)s2)S1. The average Bonchev–Trinajstić information content (AvgIpc) is 3.55. The maximum Gasteiger partial charge on any atom is 0.110 e. The van der Waals surface area contributed by atoms with Crippen LogP contribution in [-0.4, -0.2) is 23.0 Å². The lowest BCUT2D eigenvalue weighted by Crippen LogP contribution is -1.96. The summed E-state index contributed by atoms with van der Waals surface area (Å²) in [5.74, 6) is 4.97. The van der Waals surface area contributed by atoms with Crippen molar-refractivity contribution < 1.29 is 0 Å². The number of rotatable bonds is 12. The Hall–Kier alpha value is 2.29. The van der Waals surface area contributed by atoms with Gasteiger partial charge in [-0.2, -0.15) is 0 Å². The Morgan fingerprint density at radius 1 is 0.647 bits per heavy atom. The Morgan fingerprint density at radius 2 is 1.21 bits per heavy atom. The van der Waals surface area contributed by atoms with Gasteiger partial charge in [0.2, 0.25) is 0 Å². The van der Waals surface area contributed by atoms with Gasteiger partial charge in [0.25, 0.3) is 0 Å². The molecule has 1 aromatic rings. The van der Waals surface area contributed by atoms with E-state index in [-0.39, 0.29) is 0 Å². The standard InChI is InChI=1S/C23H30S11/c1-3-5-7-9-11-25-18-19(26-12-10-8-6-4-2)34-23(33-18)22-29-15(16(24)30-22)17-31-20-21(32-17)28-14-13-27-20/h3-14H2,1-2H3. The van der Waals surface area contributed by atoms with Crippen LogP contribution in [0.25, 0.3) is 8.47 Å². The third kappa shape index (κ3) is 8.39. The molecule has 0 aromatic carbocycles. The molecule has 0 fully saturated rings. The third-order valence-corrected chi connectivity index (χ3v) is 20.3. The summed E-state index contributed by atoms with van der Waals surface area (Å²) in [5, 5.41) is 0. The van der Waals surface area contributed by atoms with Crippen LogP contribution in [0.2, 0.25) is 0 Å². The van der Waals surface area contributed by atoms with E-state index in [1.54, 1.807) is 8.47 Å². The largest absolute Gasteiger partial charge is 0.119 e. The van der Waals surface area contributed by atoms with Crippen molar-refractivity contribution in [3.05, 3.63) is 29.2 Å². The lowest BCUT2D eigenvalue weighted by molar-refractivity contribution is 0.707. The molecule has 1 aromatic heterocycles. The highest BCUT2D eigenvalue weighted by molar-refractivity contribution is 8.47. The van der Waals surface area contributed by atoms with Crippen LogP contribution < -0.4 is 8.38 Å². The van der Waals surface area contributed by atoms with E-state index in [4.69, 9.17) is 12.2 Å². The number of hydrogen-bond donors (Lipinski definition) is 0. The van der Waals surface area contributed by atoms with Crippen LogP contribution in [0.5, 0.6) is 0 Å². The van der Waals surface area contributed by atoms with E-state index < -0.39 is 0 Å². The molecule has 34 heavy (non-hydrogen) atoms. The van der Waals surface area contributed by atoms with E-state index in [1.165, 1.54) is 99.7 Å². The fourth-order valence-corrected chi connectivity index (χ4v) is 18.9. The minimum atomic E-state index is 1.08. The minimum absolute atomic E-state index is 1.08. The molecule has 0 aliphatic carbocycles. The highest BCUT2D eigenvalue weighted by Gasteiger charge is 2.27. The van der Waals surface area contributed by atoms with Crippen molar-refractivity contribution in [3.63, 3.8) is 0 Å². The van der Waals surface area contributed by atoms with Crippen LogP contribution in [0.4, 0.5) is 0 Å². The van der Waals surface area contributed by atoms with Crippen LogP contribution in [0.15, 0.2) is 16.9 Å². The van der Waals surface area contributed by atoms with Crippen LogP contribution in [0.3, 0.4) is 0 Å². The van der Waals surface area contributed by atoms with Gasteiger partial charge in [0, 0.05) is 11.5 Å². The molecule has 11 heteroatoms. The highest BCUT2D eigenvalue weighted by Crippen LogP contribution is 2.60. The maximum absolute atomic E-state index is 5.88. The predicted molar refractivity (Wildman–Crippen MR) is 182 cm³/mol. The molecule has 0 radical (unpaired) electrons. The second-order valence-electron chi connectivity index (χ2n) is 7.76. The van der Waals surface area contributed by atoms with Crippen LogP contribution in [-0.2, 0) is 0 Å². The van der Waals surface area contributed by atoms with Crippen molar-refractivity contribution in [1.29, 1.82) is 0 Å². The number of hydrogen-bond acceptors (Lipinski definition) is 11. The zero-order valence-electron chi connectivity index (χ0n) is 19.5. The van der Waals surface area contributed by atoms with Crippen molar-refractivity contribution in [1.82, 2.24) is 0 Å². The first-order valence-electron chi connectivity index (χ1n) is 11.8. The van der Waals surface area contributed by atoms with Gasteiger partial charge in [0.05, 0.1) is 30.0 Å². The van der Waals surface area contributed by atoms with Crippen molar-refractivity contribution in [2.24, 2.45) is 0 Å². The van der Waals surface area contributed by atoms with Gasteiger partial charge in [-0.3, -0.25) is 0 Å². The van der Waals surface area contributed by atoms with Crippen LogP contribution in [0, 0.1) is 3.82 Å². The molecule has 0 bridgehead atoms. The molecule has 4 heterocycles. The second-order valence-corrected chi connectivity index (χ2v) is 20.8. The average molecular weight is 659 g/mol. The molecule has 188 valence electrons. The number of thioether (sulfide) groups is 8. The van der Waals surface area contributed by atoms with Gasteiger partial charge in [-0.15, -0.1) is 69.7 Å². The highest BCUT2D eigenvalue weighted by atomic mass is 32.3. The van der Waals surface area contributed by atoms with Gasteiger partial charge < -0.3 is 0 Å². The van der Waals surface area contributed by atoms with E-state index in [0.717, 1.165) is 3.82 Å². The molecule has 3 aliphatic heterocycles. The van der Waals surface area contributed by atoms with E-state index in [2.05, 4.69) is 37.4 Å². The number of unbranched alkanes of at least 4 members (excludes halogenated alkanes) is 6. The lowest BCUT2D eigenvalue weighted by atomic mass is 10.2. The fourth-order valence-electron chi connectivity index (χ4n) is 3.22. The van der Waals surface area contributed by atoms with Crippen molar-refractivity contribution in [2.45, 2.75) is 65.2 Å². The Balaban J connectivity index is 1.48. The zero-order chi connectivity index (χ0) is 23.8. The molecule has 0 spiro atoms. The molecule has 4 rings (SSSR count). The zero-order valence-corrected chi connectivity index (χ0v) is 28.5. The molecule has 0 N–H and O–H groups in total. The summed E-state index contributed by atoms with van der Waals surface area (Å²) in [5.41, 5.74) is 0. The van der Waals surface area contributed by atoms with E-state index in [9.17, 15) is 0 Å². The molecule has 0 saturated carbocycles. The summed E-state index contributed by atoms with van der Waals surface area (Å²) >= 11 is 25.9. The first kappa shape index (κ1) is 29.3. The van der Waals surface area contributed by atoms with Gasteiger partial charge in [-0.05, 0) is 24.3 Å². The van der Waals surface area contributed by atoms with E-state index in [1.807, 2.05) is 93.2 Å². The van der Waals surface area contributed by atoms with Gasteiger partial charge in [0.15, 0.2) is 0 Å². The normalized spacial score (nSPS) is 18.5. The smallest absolute Gasteiger partial charge is 0.110 e. The Labute approximate surface area is 252 Å². The van der Waals surface area contributed by atoms with E-state index in [0.29, 0.717) is 0 Å². The molecule has 0 atom stereocenters. The summed E-state index contributed by atoms with van der Waals surface area (Å²) in [7, 11) is 0. The summed E-state index contributed by atoms with van der Waals surface area (Å²) in [4.78, 5) is 0. The topological polar surface area (TPSA) is 0 Å². The molecule has 0 saturated heterocycles. The summed E-state index contributed by atoms with van der Waals surface area (Å²) in [6.45, 7) is 4.59. The monoisotopic (exact) mass is 658 g/mol. The second kappa shape index (κ2) is 15.8. The Bertz CT molecular complexity index is 1030. The Morgan fingerprint density at radius 3 is 1.74 bits per heavy atom. The fraction of sp³-hybridized carbons (Fsp3) is 0.609. The van der Waals surface area contributed by atoms with Crippen molar-refractivity contribution in [2.75, 3.05) is 23.0 Å². The lowest BCUT2D eigenvalue weighted by Gasteiger charge is -2.08. The predicted octanol–water partition coefficient (Wildman–Crippen LogP) is 11.0. The maximum atomic E-state index is 5.88. The quantitative estimate of drug-likeness (QED) is 0.157. The summed E-state index contributed by atoms with van der Waals surface area (Å²) in [6, 6.07) is 0. The molecular weight excluding hydrogens is 629 g/mol. The van der Waals surface area contributed by atoms with Crippen molar-refractivity contribution in [3.8, 4) is 0 Å². The van der Waals surface area contributed by atoms with Crippen LogP contribution >= 0.6 is 129 Å². The molecular formula is C23H30S11. The summed E-state index contributed by atoms with van der Waals surface area (Å²) in [6.07, 6.45) is 10.7. The Kier molecular flexibility index (Phi) is 13.6. The minimum Gasteiger partial charge on any atom is -0.119 e. The molecule has 0 nitrogen and oxygen atoms in total. The van der Waals surface area contributed by atoms with Gasteiger partial charge in [-0.1, -0.05) is 112 Å². The first-order valence-corrected chi connectivity index (χ1v) is 21.0. The third-order valence-electron chi connectivity index (χ3n) is 5.00. The molecule has 3 aliphatic rings. The van der Waals surface area contributed by atoms with E-state index >= 15 is 0 Å². The first-order chi connectivity index (χ1) is 16.7. The van der Waals surface area contributed by atoms with Crippen LogP contribution in [0.1, 0.15) is 65.2 Å². The molecule has 0 amide bonds. The van der Waals surface area contributed by atoms with Gasteiger partial charge in [0.1, 0.15) is 7.67 Å².